The van der Waals surface area contributed by atoms with Crippen molar-refractivity contribution >= 4 is 6.09 Å². The quantitative estimate of drug-likeness (QED) is 0.758. The molecule has 1 saturated heterocycles. The molecule has 1 unspecified atom stereocenters. The molecule has 1 aliphatic rings. The summed E-state index contributed by atoms with van der Waals surface area (Å²) in [6.07, 6.45) is 1.72. The van der Waals surface area contributed by atoms with Crippen molar-refractivity contribution in [1.82, 2.24) is 10.2 Å². The second-order valence-electron chi connectivity index (χ2n) is 5.31. The van der Waals surface area contributed by atoms with E-state index < -0.39 is 5.60 Å². The molecule has 0 aliphatic carbocycles. The zero-order valence-electron chi connectivity index (χ0n) is 10.8. The molecule has 0 spiro atoms. The highest BCUT2D eigenvalue weighted by Gasteiger charge is 2.25. The van der Waals surface area contributed by atoms with E-state index in [1.54, 1.807) is 0 Å². The average molecular weight is 239 g/mol. The number of ether oxygens (including phenoxy) is 1. The first-order valence-electron chi connectivity index (χ1n) is 6.00. The fourth-order valence-electron chi connectivity index (χ4n) is 1.94. The highest BCUT2D eigenvalue weighted by atomic mass is 16.6. The molecule has 0 aromatic carbocycles. The lowest BCUT2D eigenvalue weighted by Gasteiger charge is -2.24. The summed E-state index contributed by atoms with van der Waals surface area (Å²) in [5, 5.41) is 11.4. The van der Waals surface area contributed by atoms with Crippen molar-refractivity contribution in [2.45, 2.75) is 45.3 Å². The lowest BCUT2D eigenvalue weighted by molar-refractivity contribution is 0.0515. The van der Waals surface area contributed by atoms with E-state index in [2.05, 4.69) is 16.3 Å². The Morgan fingerprint density at radius 2 is 2.29 bits per heavy atom. The van der Waals surface area contributed by atoms with E-state index in [1.165, 1.54) is 0 Å². The lowest BCUT2D eigenvalue weighted by atomic mass is 10.2. The first kappa shape index (κ1) is 13.8. The van der Waals surface area contributed by atoms with Crippen LogP contribution in [0.1, 0.15) is 33.6 Å². The van der Waals surface area contributed by atoms with E-state index in [0.29, 0.717) is 13.1 Å². The van der Waals surface area contributed by atoms with Crippen LogP contribution in [0.25, 0.3) is 0 Å². The van der Waals surface area contributed by atoms with Crippen LogP contribution in [0.5, 0.6) is 0 Å². The van der Waals surface area contributed by atoms with E-state index in [0.717, 1.165) is 19.4 Å². The van der Waals surface area contributed by atoms with Crippen LogP contribution >= 0.6 is 0 Å². The molecule has 0 radical (unpaired) electrons. The second-order valence-corrected chi connectivity index (χ2v) is 5.31. The Hall–Kier alpha value is -1.28. The molecule has 1 aliphatic heterocycles. The van der Waals surface area contributed by atoms with E-state index >= 15 is 0 Å². The molecular formula is C12H21N3O2. The molecule has 0 bridgehead atoms. The Bertz CT molecular complexity index is 304. The van der Waals surface area contributed by atoms with E-state index in [1.807, 2.05) is 20.8 Å². The molecule has 1 fully saturated rings. The largest absolute Gasteiger partial charge is 0.444 e. The van der Waals surface area contributed by atoms with Crippen LogP contribution in [-0.4, -0.2) is 42.3 Å². The fraction of sp³-hybridized carbons (Fsp3) is 0.833. The number of nitrogens with one attached hydrogen (secondary N) is 1. The predicted octanol–water partition coefficient (Wildman–Crippen LogP) is 1.50. The van der Waals surface area contributed by atoms with Crippen LogP contribution in [0.2, 0.25) is 0 Å². The molecule has 17 heavy (non-hydrogen) atoms. The molecule has 0 saturated carbocycles. The van der Waals surface area contributed by atoms with E-state index in [-0.39, 0.29) is 12.1 Å². The maximum atomic E-state index is 11.5. The van der Waals surface area contributed by atoms with Crippen molar-refractivity contribution in [3.8, 4) is 6.07 Å². The zero-order valence-corrected chi connectivity index (χ0v) is 10.8. The molecule has 96 valence electrons. The maximum Gasteiger partial charge on any atom is 0.407 e. The van der Waals surface area contributed by atoms with Crippen molar-refractivity contribution in [2.24, 2.45) is 0 Å². The molecule has 0 aromatic heterocycles. The van der Waals surface area contributed by atoms with Crippen molar-refractivity contribution < 1.29 is 9.53 Å². The summed E-state index contributed by atoms with van der Waals surface area (Å²) in [4.78, 5) is 13.6. The molecule has 0 aromatic rings. The summed E-state index contributed by atoms with van der Waals surface area (Å²) in [6.45, 7) is 7.43. The van der Waals surface area contributed by atoms with Gasteiger partial charge in [-0.25, -0.2) is 4.79 Å². The van der Waals surface area contributed by atoms with Gasteiger partial charge >= 0.3 is 6.09 Å². The first-order chi connectivity index (χ1) is 7.92. The number of carbonyl (C=O) groups excluding carboxylic acids is 1. The number of hydrogen-bond acceptors (Lipinski definition) is 4. The molecule has 1 heterocycles. The van der Waals surface area contributed by atoms with Gasteiger partial charge in [0.05, 0.1) is 12.6 Å². The molecule has 1 atom stereocenters. The van der Waals surface area contributed by atoms with Gasteiger partial charge in [-0.2, -0.15) is 5.26 Å². The van der Waals surface area contributed by atoms with Gasteiger partial charge in [-0.1, -0.05) is 0 Å². The van der Waals surface area contributed by atoms with Crippen molar-refractivity contribution in [3.05, 3.63) is 0 Å². The molecular weight excluding hydrogens is 218 g/mol. The molecule has 1 rings (SSSR count). The van der Waals surface area contributed by atoms with Gasteiger partial charge in [0.2, 0.25) is 0 Å². The standard InChI is InChI=1S/C12H21N3O2/c1-12(2,3)17-11(16)14-9-10-5-4-7-15(10)8-6-13/h10H,4-5,7-9H2,1-3H3,(H,14,16). The highest BCUT2D eigenvalue weighted by Crippen LogP contribution is 2.15. The van der Waals surface area contributed by atoms with Crippen molar-refractivity contribution in [2.75, 3.05) is 19.6 Å². The number of hydrogen-bond donors (Lipinski definition) is 1. The number of likely N-dealkylation sites (tertiary alicyclic amines) is 1. The van der Waals surface area contributed by atoms with Crippen LogP contribution in [-0.2, 0) is 4.74 Å². The minimum absolute atomic E-state index is 0.266. The number of amides is 1. The number of rotatable bonds is 3. The molecule has 5 heteroatoms. The Kier molecular flexibility index (Phi) is 4.76. The fourth-order valence-corrected chi connectivity index (χ4v) is 1.94. The van der Waals surface area contributed by atoms with Crippen LogP contribution in [0, 0.1) is 11.3 Å². The Labute approximate surface area is 103 Å². The zero-order chi connectivity index (χ0) is 12.9. The normalized spacial score (nSPS) is 20.9. The molecule has 1 N–H and O–H groups in total. The van der Waals surface area contributed by atoms with Gasteiger partial charge in [0.1, 0.15) is 5.60 Å². The summed E-state index contributed by atoms with van der Waals surface area (Å²) in [5.41, 5.74) is -0.466. The predicted molar refractivity (Wildman–Crippen MR) is 64.4 cm³/mol. The van der Waals surface area contributed by atoms with Gasteiger partial charge in [0, 0.05) is 12.6 Å². The number of alkyl carbamates (subject to hydrolysis) is 1. The number of nitrogens with zero attached hydrogens (tertiary/aromatic N) is 2. The number of nitriles is 1. The average Bonchev–Trinajstić information content (AvgIpc) is 2.60. The van der Waals surface area contributed by atoms with Gasteiger partial charge in [-0.3, -0.25) is 4.90 Å². The maximum absolute atomic E-state index is 11.5. The molecule has 1 amide bonds. The Balaban J connectivity index is 2.30. The van der Waals surface area contributed by atoms with Gasteiger partial charge in [0.15, 0.2) is 0 Å². The SMILES string of the molecule is CC(C)(C)OC(=O)NCC1CCCN1CC#N. The number of carbonyl (C=O) groups is 1. The second kappa shape index (κ2) is 5.87. The monoisotopic (exact) mass is 239 g/mol. The molecule has 5 nitrogen and oxygen atoms in total. The van der Waals surface area contributed by atoms with Gasteiger partial charge in [-0.15, -0.1) is 0 Å². The van der Waals surface area contributed by atoms with Crippen molar-refractivity contribution in [1.29, 1.82) is 5.26 Å². The third-order valence-electron chi connectivity index (χ3n) is 2.65. The smallest absolute Gasteiger partial charge is 0.407 e. The third-order valence-corrected chi connectivity index (χ3v) is 2.65. The highest BCUT2D eigenvalue weighted by molar-refractivity contribution is 5.67. The summed E-state index contributed by atoms with van der Waals surface area (Å²) in [5.74, 6) is 0. The topological polar surface area (TPSA) is 65.4 Å². The van der Waals surface area contributed by atoms with E-state index in [4.69, 9.17) is 10.00 Å². The van der Waals surface area contributed by atoms with Gasteiger partial charge < -0.3 is 10.1 Å². The minimum Gasteiger partial charge on any atom is -0.444 e. The van der Waals surface area contributed by atoms with Crippen molar-refractivity contribution in [3.63, 3.8) is 0 Å². The van der Waals surface area contributed by atoms with Crippen LogP contribution < -0.4 is 5.32 Å². The van der Waals surface area contributed by atoms with Crippen LogP contribution in [0.15, 0.2) is 0 Å². The minimum atomic E-state index is -0.466. The summed E-state index contributed by atoms with van der Waals surface area (Å²) >= 11 is 0. The lowest BCUT2D eigenvalue weighted by Crippen LogP contribution is -2.42. The van der Waals surface area contributed by atoms with Gasteiger partial charge in [-0.05, 0) is 40.2 Å². The van der Waals surface area contributed by atoms with Crippen LogP contribution in [0.3, 0.4) is 0 Å². The Morgan fingerprint density at radius 3 is 2.88 bits per heavy atom. The Morgan fingerprint density at radius 1 is 1.59 bits per heavy atom. The summed E-state index contributed by atoms with van der Waals surface area (Å²) < 4.78 is 5.16. The summed E-state index contributed by atoms with van der Waals surface area (Å²) in [7, 11) is 0. The van der Waals surface area contributed by atoms with Gasteiger partial charge in [0.25, 0.3) is 0 Å². The summed E-state index contributed by atoms with van der Waals surface area (Å²) in [6, 6.07) is 2.41. The van der Waals surface area contributed by atoms with Crippen LogP contribution in [0.4, 0.5) is 4.79 Å². The first-order valence-corrected chi connectivity index (χ1v) is 6.00. The van der Waals surface area contributed by atoms with E-state index in [9.17, 15) is 4.79 Å². The third kappa shape index (κ3) is 5.05.